The summed E-state index contributed by atoms with van der Waals surface area (Å²) in [6, 6.07) is 20.6. The van der Waals surface area contributed by atoms with E-state index in [1.807, 2.05) is 66.7 Å². The number of hydrogen-bond donors (Lipinski definition) is 2. The second kappa shape index (κ2) is 15.1. The third-order valence-electron chi connectivity index (χ3n) is 7.60. The van der Waals surface area contributed by atoms with E-state index >= 15 is 0 Å². The summed E-state index contributed by atoms with van der Waals surface area (Å²) < 4.78 is 11.7. The molecule has 3 aromatic carbocycles. The van der Waals surface area contributed by atoms with Gasteiger partial charge in [-0.1, -0.05) is 104 Å². The zero-order chi connectivity index (χ0) is 31.6. The Balaban J connectivity index is 1.84. The Morgan fingerprint density at radius 2 is 1.16 bits per heavy atom. The van der Waals surface area contributed by atoms with Gasteiger partial charge in [-0.05, 0) is 70.3 Å². The van der Waals surface area contributed by atoms with Gasteiger partial charge in [0.1, 0.15) is 6.17 Å². The van der Waals surface area contributed by atoms with E-state index in [1.54, 1.807) is 7.11 Å². The predicted molar refractivity (Wildman–Crippen MR) is 175 cm³/mol. The first-order valence-electron chi connectivity index (χ1n) is 15.5. The summed E-state index contributed by atoms with van der Waals surface area (Å²) >= 11 is 0. The molecule has 2 N–H and O–H groups in total. The number of methoxy groups -OCH3 is 1. The van der Waals surface area contributed by atoms with Crippen LogP contribution in [-0.4, -0.2) is 25.5 Å². The number of hydrogen-bond acceptors (Lipinski definition) is 4. The maximum Gasteiger partial charge on any atom is 0.253 e. The van der Waals surface area contributed by atoms with Gasteiger partial charge in [0, 0.05) is 11.1 Å². The van der Waals surface area contributed by atoms with Crippen LogP contribution in [0.4, 0.5) is 0 Å². The molecule has 232 valence electrons. The van der Waals surface area contributed by atoms with Crippen molar-refractivity contribution in [3.05, 3.63) is 94.5 Å². The van der Waals surface area contributed by atoms with Gasteiger partial charge >= 0.3 is 0 Å². The average Bonchev–Trinajstić information content (AvgIpc) is 2.97. The van der Waals surface area contributed by atoms with Gasteiger partial charge in [0.15, 0.2) is 11.5 Å². The molecule has 0 atom stereocenters. The summed E-state index contributed by atoms with van der Waals surface area (Å²) in [5.41, 5.74) is 3.92. The Morgan fingerprint density at radius 1 is 0.674 bits per heavy atom. The number of ether oxygens (including phenoxy) is 2. The SMILES string of the molecule is CCCCCCCOc1ccc(C(NC(=O)c2ccc(C(C)(C)C)cc2)NC(=O)c2ccc(C(C)(C)C)cc2)cc1OC. The lowest BCUT2D eigenvalue weighted by atomic mass is 9.86. The molecule has 43 heavy (non-hydrogen) atoms. The molecule has 0 saturated heterocycles. The third kappa shape index (κ3) is 9.87. The van der Waals surface area contributed by atoms with E-state index in [4.69, 9.17) is 9.47 Å². The van der Waals surface area contributed by atoms with E-state index in [9.17, 15) is 9.59 Å². The quantitative estimate of drug-likeness (QED) is 0.156. The van der Waals surface area contributed by atoms with E-state index < -0.39 is 6.17 Å². The molecule has 0 aromatic heterocycles. The predicted octanol–water partition coefficient (Wildman–Crippen LogP) is 8.50. The minimum atomic E-state index is -0.804. The molecular weight excluding hydrogens is 536 g/mol. The van der Waals surface area contributed by atoms with Gasteiger partial charge in [-0.3, -0.25) is 9.59 Å². The fourth-order valence-electron chi connectivity index (χ4n) is 4.75. The number of nitrogens with one attached hydrogen (secondary N) is 2. The molecule has 3 rings (SSSR count). The van der Waals surface area contributed by atoms with Crippen molar-refractivity contribution in [2.45, 2.75) is 97.6 Å². The average molecular weight is 587 g/mol. The molecule has 3 aromatic rings. The molecule has 0 heterocycles. The Bertz CT molecular complexity index is 1260. The smallest absolute Gasteiger partial charge is 0.253 e. The summed E-state index contributed by atoms with van der Waals surface area (Å²) in [5, 5.41) is 6.04. The van der Waals surface area contributed by atoms with Crippen LogP contribution in [0.25, 0.3) is 0 Å². The van der Waals surface area contributed by atoms with Gasteiger partial charge in [0.25, 0.3) is 11.8 Å². The van der Waals surface area contributed by atoms with Crippen molar-refractivity contribution in [3.8, 4) is 11.5 Å². The topological polar surface area (TPSA) is 76.7 Å². The number of rotatable bonds is 13. The van der Waals surface area contributed by atoms with Gasteiger partial charge in [-0.15, -0.1) is 0 Å². The highest BCUT2D eigenvalue weighted by atomic mass is 16.5. The van der Waals surface area contributed by atoms with Crippen molar-refractivity contribution < 1.29 is 19.1 Å². The lowest BCUT2D eigenvalue weighted by Gasteiger charge is -2.23. The minimum Gasteiger partial charge on any atom is -0.493 e. The summed E-state index contributed by atoms with van der Waals surface area (Å²) in [5.74, 6) is 0.595. The summed E-state index contributed by atoms with van der Waals surface area (Å²) in [6.45, 7) is 15.6. The van der Waals surface area contributed by atoms with Crippen LogP contribution in [0, 0.1) is 0 Å². The van der Waals surface area contributed by atoms with Crippen molar-refractivity contribution in [3.63, 3.8) is 0 Å². The molecule has 0 spiro atoms. The van der Waals surface area contributed by atoms with Crippen molar-refractivity contribution in [2.75, 3.05) is 13.7 Å². The molecule has 2 amide bonds. The number of unbranched alkanes of at least 4 members (excludes halogenated alkanes) is 4. The Kier molecular flexibility index (Phi) is 11.8. The second-order valence-electron chi connectivity index (χ2n) is 13.2. The zero-order valence-electron chi connectivity index (χ0n) is 27.3. The molecule has 0 aliphatic heterocycles. The van der Waals surface area contributed by atoms with Crippen LogP contribution in [0.5, 0.6) is 11.5 Å². The van der Waals surface area contributed by atoms with Crippen LogP contribution in [0.1, 0.15) is 124 Å². The lowest BCUT2D eigenvalue weighted by molar-refractivity contribution is 0.0883. The monoisotopic (exact) mass is 586 g/mol. The Labute approximate surface area is 258 Å². The molecule has 0 bridgehead atoms. The highest BCUT2D eigenvalue weighted by Crippen LogP contribution is 2.31. The number of carbonyl (C=O) groups is 2. The van der Waals surface area contributed by atoms with Gasteiger partial charge < -0.3 is 20.1 Å². The Hall–Kier alpha value is -3.80. The minimum absolute atomic E-state index is 0.0239. The second-order valence-corrected chi connectivity index (χ2v) is 13.2. The van der Waals surface area contributed by atoms with Crippen LogP contribution in [0.15, 0.2) is 66.7 Å². The molecule has 0 aliphatic carbocycles. The highest BCUT2D eigenvalue weighted by Gasteiger charge is 2.22. The van der Waals surface area contributed by atoms with E-state index in [1.165, 1.54) is 19.3 Å². The molecule has 0 radical (unpaired) electrons. The third-order valence-corrected chi connectivity index (χ3v) is 7.60. The van der Waals surface area contributed by atoms with E-state index in [2.05, 4.69) is 59.1 Å². The van der Waals surface area contributed by atoms with Gasteiger partial charge in [-0.25, -0.2) is 0 Å². The van der Waals surface area contributed by atoms with E-state index in [-0.39, 0.29) is 22.6 Å². The van der Waals surface area contributed by atoms with Crippen molar-refractivity contribution in [2.24, 2.45) is 0 Å². The maximum atomic E-state index is 13.4. The molecule has 0 fully saturated rings. The van der Waals surface area contributed by atoms with E-state index in [0.717, 1.165) is 24.0 Å². The Morgan fingerprint density at radius 3 is 1.60 bits per heavy atom. The maximum absolute atomic E-state index is 13.4. The fourth-order valence-corrected chi connectivity index (χ4v) is 4.75. The van der Waals surface area contributed by atoms with Crippen LogP contribution in [-0.2, 0) is 10.8 Å². The first-order chi connectivity index (χ1) is 20.3. The molecule has 0 unspecified atom stereocenters. The zero-order valence-corrected chi connectivity index (χ0v) is 27.3. The van der Waals surface area contributed by atoms with Gasteiger partial charge in [-0.2, -0.15) is 0 Å². The number of carbonyl (C=O) groups excluding carboxylic acids is 2. The van der Waals surface area contributed by atoms with Crippen LogP contribution in [0.2, 0.25) is 0 Å². The first-order valence-corrected chi connectivity index (χ1v) is 15.5. The molecule has 0 saturated carbocycles. The molecule has 0 aliphatic rings. The highest BCUT2D eigenvalue weighted by molar-refractivity contribution is 5.97. The fraction of sp³-hybridized carbons (Fsp3) is 0.459. The van der Waals surface area contributed by atoms with Gasteiger partial charge in [0.05, 0.1) is 13.7 Å². The normalized spacial score (nSPS) is 11.7. The van der Waals surface area contributed by atoms with Crippen LogP contribution >= 0.6 is 0 Å². The first kappa shape index (κ1) is 33.7. The van der Waals surface area contributed by atoms with Crippen molar-refractivity contribution in [1.82, 2.24) is 10.6 Å². The molecular formula is C37H50N2O4. The standard InChI is InChI=1S/C37H50N2O4/c1-9-10-11-12-13-24-43-31-23-18-28(25-32(31)42-8)33(38-34(40)26-14-19-29(20-15-26)36(2,3)4)39-35(41)27-16-21-30(22-17-27)37(5,6)7/h14-23,25,33H,9-13,24H2,1-8H3,(H,38,40)(H,39,41). The summed E-state index contributed by atoms with van der Waals surface area (Å²) in [6.07, 6.45) is 4.94. The van der Waals surface area contributed by atoms with Crippen LogP contribution < -0.4 is 20.1 Å². The van der Waals surface area contributed by atoms with E-state index in [0.29, 0.717) is 34.8 Å². The summed E-state index contributed by atoms with van der Waals surface area (Å²) in [7, 11) is 1.59. The van der Waals surface area contributed by atoms with Gasteiger partial charge in [0.2, 0.25) is 0 Å². The summed E-state index contributed by atoms with van der Waals surface area (Å²) in [4.78, 5) is 26.8. The van der Waals surface area contributed by atoms with Crippen LogP contribution in [0.3, 0.4) is 0 Å². The number of benzene rings is 3. The van der Waals surface area contributed by atoms with Crippen molar-refractivity contribution >= 4 is 11.8 Å². The lowest BCUT2D eigenvalue weighted by Crippen LogP contribution is -2.41. The largest absolute Gasteiger partial charge is 0.493 e. The molecule has 6 heteroatoms. The van der Waals surface area contributed by atoms with Crippen molar-refractivity contribution in [1.29, 1.82) is 0 Å². The molecule has 6 nitrogen and oxygen atoms in total. The number of amides is 2.